The van der Waals surface area contributed by atoms with E-state index in [4.69, 9.17) is 4.74 Å². The van der Waals surface area contributed by atoms with E-state index in [1.54, 1.807) is 0 Å². The van der Waals surface area contributed by atoms with Gasteiger partial charge in [0.25, 0.3) is 0 Å². The Morgan fingerprint density at radius 1 is 1.00 bits per heavy atom. The van der Waals surface area contributed by atoms with Crippen LogP contribution < -0.4 is 5.11 Å². The Balaban J connectivity index is 1.97. The Labute approximate surface area is 178 Å². The zero-order valence-electron chi connectivity index (χ0n) is 18.1. The highest BCUT2D eigenvalue weighted by atomic mass is 16.5. The molecule has 6 heteroatoms. The van der Waals surface area contributed by atoms with Gasteiger partial charge in [-0.1, -0.05) is 48.5 Å². The van der Waals surface area contributed by atoms with Gasteiger partial charge in [-0.3, -0.25) is 4.90 Å². The third-order valence-electron chi connectivity index (χ3n) is 5.63. The summed E-state index contributed by atoms with van der Waals surface area (Å²) in [4.78, 5) is 26.4. The van der Waals surface area contributed by atoms with Crippen molar-refractivity contribution >= 4 is 12.1 Å². The molecule has 0 bridgehead atoms. The van der Waals surface area contributed by atoms with Gasteiger partial charge in [-0.25, -0.2) is 4.79 Å². The zero-order valence-corrected chi connectivity index (χ0v) is 18.1. The average molecular weight is 411 g/mol. The van der Waals surface area contributed by atoms with Gasteiger partial charge in [0.05, 0.1) is 52.9 Å². The molecule has 1 amide bonds. The zero-order chi connectivity index (χ0) is 21.9. The van der Waals surface area contributed by atoms with Crippen LogP contribution in [-0.4, -0.2) is 62.3 Å². The first-order valence-electron chi connectivity index (χ1n) is 10.3. The third-order valence-corrected chi connectivity index (χ3v) is 5.63. The maximum atomic E-state index is 12.9. The second-order valence-electron chi connectivity index (χ2n) is 8.80. The van der Waals surface area contributed by atoms with Crippen molar-refractivity contribution in [1.82, 2.24) is 4.90 Å². The Hall–Kier alpha value is -2.86. The number of quaternary nitrogens is 1. The summed E-state index contributed by atoms with van der Waals surface area (Å²) in [6.45, 7) is 0.924. The lowest BCUT2D eigenvalue weighted by molar-refractivity contribution is -0.870. The second-order valence-corrected chi connectivity index (χ2v) is 8.80. The molecule has 30 heavy (non-hydrogen) atoms. The molecule has 0 N–H and O–H groups in total. The number of hydrogen-bond donors (Lipinski definition) is 0. The van der Waals surface area contributed by atoms with Crippen molar-refractivity contribution in [2.75, 3.05) is 34.8 Å². The topological polar surface area (TPSA) is 69.7 Å². The van der Waals surface area contributed by atoms with Crippen LogP contribution in [-0.2, 0) is 9.53 Å². The first-order chi connectivity index (χ1) is 14.2. The standard InChI is InChI=1S/C24H30N2O4/c1-26(2,3)16-10-9-15-21(23(27)28)25(24(29)30-4)22-19-13-7-5-11-17(19)18-12-6-8-14-20(18)22/h5-8,11-14,21-22H,9-10,15-16H2,1-4H3/t21-/m0/s1. The molecule has 0 heterocycles. The normalized spacial score (nSPS) is 14.0. The van der Waals surface area contributed by atoms with E-state index in [1.165, 1.54) is 12.0 Å². The van der Waals surface area contributed by atoms with E-state index in [9.17, 15) is 14.7 Å². The molecule has 0 aromatic heterocycles. The summed E-state index contributed by atoms with van der Waals surface area (Å²) >= 11 is 0. The Bertz CT molecular complexity index is 874. The maximum absolute atomic E-state index is 12.9. The number of aliphatic carboxylic acids is 1. The number of methoxy groups -OCH3 is 1. The molecule has 2 aromatic rings. The van der Waals surface area contributed by atoms with E-state index in [1.807, 2.05) is 48.5 Å². The first-order valence-corrected chi connectivity index (χ1v) is 10.3. The van der Waals surface area contributed by atoms with Gasteiger partial charge in [0.15, 0.2) is 0 Å². The smallest absolute Gasteiger partial charge is 0.410 e. The Kier molecular flexibility index (Phi) is 6.46. The van der Waals surface area contributed by atoms with Crippen molar-refractivity contribution in [3.05, 3.63) is 59.7 Å². The van der Waals surface area contributed by atoms with Crippen LogP contribution in [0, 0.1) is 0 Å². The van der Waals surface area contributed by atoms with Gasteiger partial charge >= 0.3 is 6.09 Å². The highest BCUT2D eigenvalue weighted by Gasteiger charge is 2.39. The molecule has 2 aromatic carbocycles. The Morgan fingerprint density at radius 2 is 1.53 bits per heavy atom. The summed E-state index contributed by atoms with van der Waals surface area (Å²) in [5, 5.41) is 12.2. The highest BCUT2D eigenvalue weighted by molar-refractivity contribution is 5.84. The molecule has 0 unspecified atom stereocenters. The number of fused-ring (bicyclic) bond motifs is 3. The molecule has 3 rings (SSSR count). The number of hydrogen-bond acceptors (Lipinski definition) is 4. The van der Waals surface area contributed by atoms with Crippen LogP contribution in [0.4, 0.5) is 4.79 Å². The van der Waals surface area contributed by atoms with Crippen molar-refractivity contribution in [2.45, 2.75) is 31.3 Å². The van der Waals surface area contributed by atoms with Gasteiger partial charge in [-0.05, 0) is 41.5 Å². The molecule has 0 radical (unpaired) electrons. The minimum absolute atomic E-state index is 0.318. The van der Waals surface area contributed by atoms with Crippen molar-refractivity contribution in [3.8, 4) is 11.1 Å². The number of carboxylic acid groups (broad SMARTS) is 1. The molecule has 1 aliphatic carbocycles. The van der Waals surface area contributed by atoms with E-state index < -0.39 is 24.1 Å². The van der Waals surface area contributed by atoms with Gasteiger partial charge in [0.1, 0.15) is 0 Å². The molecule has 1 atom stereocenters. The fourth-order valence-corrected chi connectivity index (χ4v) is 4.24. The van der Waals surface area contributed by atoms with Crippen molar-refractivity contribution in [2.24, 2.45) is 0 Å². The second kappa shape index (κ2) is 8.88. The number of rotatable bonds is 8. The first kappa shape index (κ1) is 21.8. The van der Waals surface area contributed by atoms with Crippen LogP contribution in [0.5, 0.6) is 0 Å². The van der Waals surface area contributed by atoms with E-state index in [2.05, 4.69) is 21.1 Å². The number of carbonyl (C=O) groups excluding carboxylic acids is 2. The lowest BCUT2D eigenvalue weighted by atomic mass is 9.99. The van der Waals surface area contributed by atoms with Crippen molar-refractivity contribution in [3.63, 3.8) is 0 Å². The number of carbonyl (C=O) groups is 2. The van der Waals surface area contributed by atoms with E-state index in [0.717, 1.165) is 39.7 Å². The largest absolute Gasteiger partial charge is 0.548 e. The van der Waals surface area contributed by atoms with E-state index in [0.29, 0.717) is 12.8 Å². The molecule has 0 saturated carbocycles. The summed E-state index contributed by atoms with van der Waals surface area (Å²) in [5.41, 5.74) is 3.83. The molecule has 0 spiro atoms. The molecule has 1 aliphatic rings. The van der Waals surface area contributed by atoms with Crippen LogP contribution in [0.3, 0.4) is 0 Å². The summed E-state index contributed by atoms with van der Waals surface area (Å²) in [6, 6.07) is 14.0. The molecule has 0 fully saturated rings. The average Bonchev–Trinajstić information content (AvgIpc) is 3.03. The molecular formula is C24H30N2O4. The number of unbranched alkanes of at least 4 members (excludes halogenated alkanes) is 1. The number of nitrogens with zero attached hydrogens (tertiary/aromatic N) is 2. The summed E-state index contributed by atoms with van der Waals surface area (Å²) in [7, 11) is 7.58. The van der Waals surface area contributed by atoms with Crippen molar-refractivity contribution < 1.29 is 23.9 Å². The maximum Gasteiger partial charge on any atom is 0.410 e. The van der Waals surface area contributed by atoms with E-state index >= 15 is 0 Å². The fraction of sp³-hybridized carbons (Fsp3) is 0.417. The molecule has 0 aliphatic heterocycles. The number of ether oxygens (including phenoxy) is 1. The number of amides is 1. The summed E-state index contributed by atoms with van der Waals surface area (Å²) in [5.74, 6) is -1.26. The summed E-state index contributed by atoms with van der Waals surface area (Å²) < 4.78 is 5.84. The predicted octanol–water partition coefficient (Wildman–Crippen LogP) is 2.82. The summed E-state index contributed by atoms with van der Waals surface area (Å²) in [6.07, 6.45) is 1.20. The lowest BCUT2D eigenvalue weighted by Crippen LogP contribution is -2.52. The van der Waals surface area contributed by atoms with Gasteiger partial charge < -0.3 is 19.1 Å². The van der Waals surface area contributed by atoms with Crippen LogP contribution >= 0.6 is 0 Å². The van der Waals surface area contributed by atoms with Gasteiger partial charge in [-0.15, -0.1) is 0 Å². The van der Waals surface area contributed by atoms with Crippen molar-refractivity contribution in [1.29, 1.82) is 0 Å². The third kappa shape index (κ3) is 4.49. The number of benzene rings is 2. The minimum atomic E-state index is -1.26. The molecule has 6 nitrogen and oxygen atoms in total. The quantitative estimate of drug-likeness (QED) is 0.496. The lowest BCUT2D eigenvalue weighted by Gasteiger charge is -2.37. The van der Waals surface area contributed by atoms with Crippen LogP contribution in [0.1, 0.15) is 36.4 Å². The Morgan fingerprint density at radius 3 is 2.00 bits per heavy atom. The fourth-order valence-electron chi connectivity index (χ4n) is 4.24. The van der Waals surface area contributed by atoms with Gasteiger partial charge in [0.2, 0.25) is 0 Å². The monoisotopic (exact) mass is 410 g/mol. The SMILES string of the molecule is COC(=O)N(C1c2ccccc2-c2ccccc21)[C@@H](CCCC[N+](C)(C)C)C(=O)[O-]. The van der Waals surface area contributed by atoms with Crippen LogP contribution in [0.25, 0.3) is 11.1 Å². The van der Waals surface area contributed by atoms with Crippen LogP contribution in [0.2, 0.25) is 0 Å². The predicted molar refractivity (Wildman–Crippen MR) is 114 cm³/mol. The van der Waals surface area contributed by atoms with Gasteiger partial charge in [-0.2, -0.15) is 0 Å². The molecule has 0 saturated heterocycles. The van der Waals surface area contributed by atoms with E-state index in [-0.39, 0.29) is 0 Å². The number of carboxylic acids is 1. The minimum Gasteiger partial charge on any atom is -0.548 e. The molecular weight excluding hydrogens is 380 g/mol. The van der Waals surface area contributed by atoms with Crippen LogP contribution in [0.15, 0.2) is 48.5 Å². The van der Waals surface area contributed by atoms with Gasteiger partial charge in [0, 0.05) is 0 Å². The molecule has 160 valence electrons. The highest BCUT2D eigenvalue weighted by Crippen LogP contribution is 2.47.